The second-order valence-electron chi connectivity index (χ2n) is 6.52. The van der Waals surface area contributed by atoms with Gasteiger partial charge in [-0.25, -0.2) is 4.39 Å². The van der Waals surface area contributed by atoms with Crippen LogP contribution in [-0.4, -0.2) is 35.6 Å². The average molecular weight is 386 g/mol. The van der Waals surface area contributed by atoms with Crippen molar-refractivity contribution in [2.24, 2.45) is 0 Å². The van der Waals surface area contributed by atoms with Crippen LogP contribution >= 0.6 is 11.8 Å². The molecule has 0 atom stereocenters. The normalized spacial score (nSPS) is 13.8. The fourth-order valence-corrected chi connectivity index (χ4v) is 3.83. The summed E-state index contributed by atoms with van der Waals surface area (Å²) in [5.41, 5.74) is 2.31. The van der Waals surface area contributed by atoms with Gasteiger partial charge in [0.25, 0.3) is 5.91 Å². The molecule has 2 amide bonds. The van der Waals surface area contributed by atoms with Crippen LogP contribution < -0.4 is 5.32 Å². The molecule has 0 spiro atoms. The number of carbonyl (C=O) groups excluding carboxylic acids is 2. The first-order valence-electron chi connectivity index (χ1n) is 9.09. The number of carbonyl (C=O) groups is 2. The zero-order valence-corrected chi connectivity index (χ0v) is 15.9. The number of rotatable bonds is 8. The molecule has 0 aliphatic carbocycles. The lowest BCUT2D eigenvalue weighted by atomic mass is 10.1. The van der Waals surface area contributed by atoms with Gasteiger partial charge in [0.2, 0.25) is 5.91 Å². The Bertz CT molecular complexity index is 795. The minimum Gasteiger partial charge on any atom is -0.351 e. The van der Waals surface area contributed by atoms with Crippen molar-refractivity contribution < 1.29 is 14.0 Å². The fraction of sp³-hybridized carbons (Fsp3) is 0.333. The summed E-state index contributed by atoms with van der Waals surface area (Å²) < 4.78 is 13.5. The van der Waals surface area contributed by atoms with Crippen molar-refractivity contribution in [2.45, 2.75) is 25.1 Å². The van der Waals surface area contributed by atoms with Crippen LogP contribution in [0.2, 0.25) is 0 Å². The summed E-state index contributed by atoms with van der Waals surface area (Å²) in [5.74, 6) is 1.20. The molecular weight excluding hydrogens is 363 g/mol. The summed E-state index contributed by atoms with van der Waals surface area (Å²) in [6.45, 7) is 1.95. The van der Waals surface area contributed by atoms with Crippen LogP contribution in [0.3, 0.4) is 0 Å². The van der Waals surface area contributed by atoms with Gasteiger partial charge in [0, 0.05) is 43.1 Å². The Hall–Kier alpha value is -2.34. The molecule has 1 aliphatic heterocycles. The minimum absolute atomic E-state index is 0.120. The Morgan fingerprint density at radius 2 is 1.93 bits per heavy atom. The molecule has 0 bridgehead atoms. The van der Waals surface area contributed by atoms with Crippen molar-refractivity contribution in [1.29, 1.82) is 0 Å². The highest BCUT2D eigenvalue weighted by atomic mass is 32.2. The van der Waals surface area contributed by atoms with Crippen molar-refractivity contribution in [3.8, 4) is 0 Å². The fourth-order valence-electron chi connectivity index (χ4n) is 2.99. The van der Waals surface area contributed by atoms with E-state index in [0.717, 1.165) is 24.3 Å². The summed E-state index contributed by atoms with van der Waals surface area (Å²) in [7, 11) is 0. The zero-order chi connectivity index (χ0) is 19.1. The van der Waals surface area contributed by atoms with E-state index in [-0.39, 0.29) is 17.6 Å². The van der Waals surface area contributed by atoms with Gasteiger partial charge in [-0.3, -0.25) is 9.59 Å². The number of nitrogens with zero attached hydrogens (tertiary/aromatic N) is 1. The minimum atomic E-state index is -0.190. The van der Waals surface area contributed by atoms with E-state index in [1.165, 1.54) is 6.07 Å². The lowest BCUT2D eigenvalue weighted by Crippen LogP contribution is -2.26. The van der Waals surface area contributed by atoms with Crippen molar-refractivity contribution in [2.75, 3.05) is 18.8 Å². The summed E-state index contributed by atoms with van der Waals surface area (Å²) >= 11 is 1.59. The van der Waals surface area contributed by atoms with Crippen LogP contribution in [0.25, 0.3) is 0 Å². The first-order valence-corrected chi connectivity index (χ1v) is 10.2. The van der Waals surface area contributed by atoms with Crippen molar-refractivity contribution >= 4 is 23.6 Å². The SMILES string of the molecule is O=C(NCCSCc1ccccc1F)c1ccc(CN2CCCC2=O)cc1. The monoisotopic (exact) mass is 386 g/mol. The van der Waals surface area contributed by atoms with Crippen LogP contribution in [0.15, 0.2) is 48.5 Å². The van der Waals surface area contributed by atoms with E-state index in [1.807, 2.05) is 23.1 Å². The summed E-state index contributed by atoms with van der Waals surface area (Å²) in [4.78, 5) is 25.7. The van der Waals surface area contributed by atoms with Crippen LogP contribution in [0.1, 0.15) is 34.3 Å². The van der Waals surface area contributed by atoms with Crippen LogP contribution in [0.5, 0.6) is 0 Å². The molecule has 142 valence electrons. The molecule has 0 saturated carbocycles. The predicted molar refractivity (Wildman–Crippen MR) is 106 cm³/mol. The van der Waals surface area contributed by atoms with Gasteiger partial charge in [-0.15, -0.1) is 0 Å². The van der Waals surface area contributed by atoms with Gasteiger partial charge in [0.15, 0.2) is 0 Å². The molecular formula is C21H23FN2O2S. The molecule has 1 heterocycles. The maximum atomic E-state index is 13.5. The van der Waals surface area contributed by atoms with E-state index in [1.54, 1.807) is 36.0 Å². The third kappa shape index (κ3) is 5.57. The largest absolute Gasteiger partial charge is 0.351 e. The maximum absolute atomic E-state index is 13.5. The number of hydrogen-bond donors (Lipinski definition) is 1. The molecule has 3 rings (SSSR count). The third-order valence-corrected chi connectivity index (χ3v) is 5.52. The molecule has 0 unspecified atom stereocenters. The molecule has 27 heavy (non-hydrogen) atoms. The Morgan fingerprint density at radius 3 is 2.63 bits per heavy atom. The summed E-state index contributed by atoms with van der Waals surface area (Å²) in [6, 6.07) is 14.1. The number of nitrogens with one attached hydrogen (secondary N) is 1. The van der Waals surface area contributed by atoms with Gasteiger partial charge in [0.1, 0.15) is 5.82 Å². The van der Waals surface area contributed by atoms with E-state index in [9.17, 15) is 14.0 Å². The lowest BCUT2D eigenvalue weighted by Gasteiger charge is -2.15. The topological polar surface area (TPSA) is 49.4 Å². The Kier molecular flexibility index (Phi) is 6.87. The molecule has 1 aliphatic rings. The number of likely N-dealkylation sites (tertiary alicyclic amines) is 1. The second kappa shape index (κ2) is 9.55. The lowest BCUT2D eigenvalue weighted by molar-refractivity contribution is -0.128. The van der Waals surface area contributed by atoms with Gasteiger partial charge in [-0.2, -0.15) is 11.8 Å². The third-order valence-electron chi connectivity index (χ3n) is 4.51. The Labute approximate surface area is 163 Å². The summed E-state index contributed by atoms with van der Waals surface area (Å²) in [5, 5.41) is 2.88. The van der Waals surface area contributed by atoms with Gasteiger partial charge in [0.05, 0.1) is 0 Å². The zero-order valence-electron chi connectivity index (χ0n) is 15.1. The predicted octanol–water partition coefficient (Wildman–Crippen LogP) is 3.61. The van der Waals surface area contributed by atoms with Gasteiger partial charge in [-0.05, 0) is 35.7 Å². The van der Waals surface area contributed by atoms with Gasteiger partial charge < -0.3 is 10.2 Å². The van der Waals surface area contributed by atoms with E-state index in [0.29, 0.717) is 36.4 Å². The first-order chi connectivity index (χ1) is 13.1. The smallest absolute Gasteiger partial charge is 0.251 e. The molecule has 0 aromatic heterocycles. The molecule has 6 heteroatoms. The molecule has 0 radical (unpaired) electrons. The first kappa shape index (κ1) is 19.4. The highest BCUT2D eigenvalue weighted by Gasteiger charge is 2.19. The summed E-state index contributed by atoms with van der Waals surface area (Å²) in [6.07, 6.45) is 1.56. The Balaban J connectivity index is 1.39. The van der Waals surface area contributed by atoms with Gasteiger partial charge >= 0.3 is 0 Å². The van der Waals surface area contributed by atoms with Crippen LogP contribution in [-0.2, 0) is 17.1 Å². The van der Waals surface area contributed by atoms with Crippen LogP contribution in [0.4, 0.5) is 4.39 Å². The highest BCUT2D eigenvalue weighted by molar-refractivity contribution is 7.98. The second-order valence-corrected chi connectivity index (χ2v) is 7.62. The highest BCUT2D eigenvalue weighted by Crippen LogP contribution is 2.16. The maximum Gasteiger partial charge on any atom is 0.251 e. The average Bonchev–Trinajstić information content (AvgIpc) is 3.08. The molecule has 4 nitrogen and oxygen atoms in total. The van der Waals surface area contributed by atoms with Crippen LogP contribution in [0, 0.1) is 5.82 Å². The van der Waals surface area contributed by atoms with Crippen molar-refractivity contribution in [3.63, 3.8) is 0 Å². The standard InChI is InChI=1S/C21H23FN2O2S/c22-19-5-2-1-4-18(19)15-27-13-11-23-21(26)17-9-7-16(8-10-17)14-24-12-3-6-20(24)25/h1-2,4-5,7-10H,3,6,11-15H2,(H,23,26). The molecule has 1 N–H and O–H groups in total. The van der Waals surface area contributed by atoms with E-state index < -0.39 is 0 Å². The number of hydrogen-bond acceptors (Lipinski definition) is 3. The van der Waals surface area contributed by atoms with E-state index in [2.05, 4.69) is 5.32 Å². The molecule has 2 aromatic rings. The van der Waals surface area contributed by atoms with Gasteiger partial charge in [-0.1, -0.05) is 30.3 Å². The number of amides is 2. The molecule has 1 fully saturated rings. The Morgan fingerprint density at radius 1 is 1.15 bits per heavy atom. The quantitative estimate of drug-likeness (QED) is 0.705. The number of benzene rings is 2. The van der Waals surface area contributed by atoms with E-state index >= 15 is 0 Å². The van der Waals surface area contributed by atoms with E-state index in [4.69, 9.17) is 0 Å². The van der Waals surface area contributed by atoms with Crippen molar-refractivity contribution in [1.82, 2.24) is 10.2 Å². The molecule has 1 saturated heterocycles. The number of halogens is 1. The number of thioether (sulfide) groups is 1. The van der Waals surface area contributed by atoms with Crippen molar-refractivity contribution in [3.05, 3.63) is 71.0 Å². The molecule has 2 aromatic carbocycles.